The van der Waals surface area contributed by atoms with Crippen LogP contribution in [-0.4, -0.2) is 62.7 Å². The fraction of sp³-hybridized carbons (Fsp3) is 0.636. The van der Waals surface area contributed by atoms with Crippen molar-refractivity contribution in [3.05, 3.63) is 23.8 Å². The van der Waals surface area contributed by atoms with E-state index in [1.165, 1.54) is 0 Å². The van der Waals surface area contributed by atoms with Crippen molar-refractivity contribution in [1.82, 2.24) is 15.5 Å². The van der Waals surface area contributed by atoms with E-state index < -0.39 is 0 Å². The Kier molecular flexibility index (Phi) is 9.77. The second-order valence-corrected chi connectivity index (χ2v) is 7.44. The minimum atomic E-state index is -0.236. The van der Waals surface area contributed by atoms with Crippen molar-refractivity contribution in [3.63, 3.8) is 0 Å². The summed E-state index contributed by atoms with van der Waals surface area (Å²) in [5.74, 6) is -0.0888. The van der Waals surface area contributed by atoms with E-state index in [0.29, 0.717) is 24.3 Å². The first-order valence-corrected chi connectivity index (χ1v) is 11.0. The summed E-state index contributed by atoms with van der Waals surface area (Å²) in [5, 5.41) is 8.74. The Hall–Kier alpha value is -2.28. The third kappa shape index (κ3) is 7.24. The Bertz CT molecular complexity index is 655. The molecule has 0 atom stereocenters. The van der Waals surface area contributed by atoms with E-state index in [4.69, 9.17) is 0 Å². The van der Waals surface area contributed by atoms with Gasteiger partial charge in [-0.1, -0.05) is 27.2 Å². The van der Waals surface area contributed by atoms with Gasteiger partial charge in [-0.3, -0.25) is 4.79 Å². The number of nitrogens with zero attached hydrogens (tertiary/aromatic N) is 2. The van der Waals surface area contributed by atoms with Crippen molar-refractivity contribution < 1.29 is 9.59 Å². The molecule has 162 valence electrons. The van der Waals surface area contributed by atoms with Gasteiger partial charge in [0.15, 0.2) is 0 Å². The molecule has 29 heavy (non-hydrogen) atoms. The molecule has 0 saturated carbocycles. The molecule has 3 N–H and O–H groups in total. The molecule has 0 spiro atoms. The van der Waals surface area contributed by atoms with Gasteiger partial charge >= 0.3 is 6.03 Å². The Balaban J connectivity index is 2.08. The zero-order valence-electron chi connectivity index (χ0n) is 18.2. The van der Waals surface area contributed by atoms with Gasteiger partial charge in [-0.2, -0.15) is 0 Å². The summed E-state index contributed by atoms with van der Waals surface area (Å²) < 4.78 is 0. The van der Waals surface area contributed by atoms with Crippen molar-refractivity contribution in [2.75, 3.05) is 56.0 Å². The van der Waals surface area contributed by atoms with Crippen molar-refractivity contribution in [2.24, 2.45) is 0 Å². The van der Waals surface area contributed by atoms with Gasteiger partial charge in [0.05, 0.1) is 5.56 Å². The topological polar surface area (TPSA) is 76.7 Å². The fourth-order valence-electron chi connectivity index (χ4n) is 3.55. The lowest BCUT2D eigenvalue weighted by molar-refractivity contribution is 0.0949. The van der Waals surface area contributed by atoms with Gasteiger partial charge in [-0.25, -0.2) is 4.79 Å². The van der Waals surface area contributed by atoms with Crippen LogP contribution in [0.15, 0.2) is 18.2 Å². The normalized spacial score (nSPS) is 13.6. The predicted octanol–water partition coefficient (Wildman–Crippen LogP) is 3.28. The highest BCUT2D eigenvalue weighted by molar-refractivity contribution is 6.02. The summed E-state index contributed by atoms with van der Waals surface area (Å²) in [5.41, 5.74) is 2.20. The van der Waals surface area contributed by atoms with Gasteiger partial charge in [0.25, 0.3) is 5.91 Å². The molecular formula is C22H37N5O2. The van der Waals surface area contributed by atoms with Crippen molar-refractivity contribution in [2.45, 2.75) is 46.5 Å². The number of carbonyl (C=O) groups is 2. The summed E-state index contributed by atoms with van der Waals surface area (Å²) in [6.07, 6.45) is 4.26. The molecule has 1 aliphatic rings. The minimum Gasteiger partial charge on any atom is -0.371 e. The van der Waals surface area contributed by atoms with Gasteiger partial charge in [-0.05, 0) is 50.6 Å². The van der Waals surface area contributed by atoms with E-state index in [1.807, 2.05) is 12.1 Å². The molecule has 0 aliphatic carbocycles. The second kappa shape index (κ2) is 12.3. The predicted molar refractivity (Wildman–Crippen MR) is 120 cm³/mol. The highest BCUT2D eigenvalue weighted by Crippen LogP contribution is 2.27. The largest absolute Gasteiger partial charge is 0.371 e. The number of urea groups is 1. The number of nitrogens with one attached hydrogen (secondary N) is 3. The van der Waals surface area contributed by atoms with Crippen LogP contribution in [0.5, 0.6) is 0 Å². The van der Waals surface area contributed by atoms with E-state index >= 15 is 0 Å². The minimum absolute atomic E-state index is 0.0888. The van der Waals surface area contributed by atoms with E-state index in [2.05, 4.69) is 46.5 Å². The number of anilines is 2. The van der Waals surface area contributed by atoms with Crippen LogP contribution in [-0.2, 0) is 0 Å². The third-order valence-corrected chi connectivity index (χ3v) is 5.37. The molecule has 1 aromatic carbocycles. The average molecular weight is 404 g/mol. The maximum atomic E-state index is 12.9. The zero-order valence-corrected chi connectivity index (χ0v) is 18.2. The first-order chi connectivity index (χ1) is 14.1. The number of hydrogen-bond acceptors (Lipinski definition) is 4. The number of carbonyl (C=O) groups excluding carboxylic acids is 2. The van der Waals surface area contributed by atoms with Gasteiger partial charge < -0.3 is 25.8 Å². The molecular weight excluding hydrogens is 366 g/mol. The van der Waals surface area contributed by atoms with Gasteiger partial charge in [0.2, 0.25) is 0 Å². The van der Waals surface area contributed by atoms with Crippen LogP contribution < -0.4 is 20.9 Å². The average Bonchev–Trinajstić information content (AvgIpc) is 3.26. The number of unbranched alkanes of at least 4 members (excludes halogenated alkanes) is 1. The van der Waals surface area contributed by atoms with Gasteiger partial charge in [0.1, 0.15) is 0 Å². The molecule has 0 radical (unpaired) electrons. The van der Waals surface area contributed by atoms with Crippen LogP contribution in [0, 0.1) is 0 Å². The Morgan fingerprint density at radius 1 is 1.03 bits per heavy atom. The van der Waals surface area contributed by atoms with Crippen LogP contribution in [0.4, 0.5) is 16.2 Å². The maximum Gasteiger partial charge on any atom is 0.319 e. The summed E-state index contributed by atoms with van der Waals surface area (Å²) in [6, 6.07) is 5.38. The van der Waals surface area contributed by atoms with E-state index in [-0.39, 0.29) is 11.9 Å². The van der Waals surface area contributed by atoms with Crippen LogP contribution in [0.1, 0.15) is 56.8 Å². The van der Waals surface area contributed by atoms with E-state index in [0.717, 1.165) is 64.1 Å². The lowest BCUT2D eigenvalue weighted by Crippen LogP contribution is -2.35. The van der Waals surface area contributed by atoms with E-state index in [9.17, 15) is 9.59 Å². The molecule has 7 heteroatoms. The lowest BCUT2D eigenvalue weighted by Gasteiger charge is -2.23. The fourth-order valence-corrected chi connectivity index (χ4v) is 3.55. The van der Waals surface area contributed by atoms with Crippen LogP contribution in [0.25, 0.3) is 0 Å². The summed E-state index contributed by atoms with van der Waals surface area (Å²) >= 11 is 0. The standard InChI is InChI=1S/C22H37N5O2/c1-4-7-12-24-22(29)25-18-10-11-20(27-14-8-9-15-27)19(17-18)21(28)23-13-16-26(5-2)6-3/h10-11,17H,4-9,12-16H2,1-3H3,(H,23,28)(H2,24,25,29). The Labute approximate surface area is 175 Å². The molecule has 1 fully saturated rings. The number of likely N-dealkylation sites (N-methyl/N-ethyl adjacent to an activating group) is 1. The monoisotopic (exact) mass is 403 g/mol. The van der Waals surface area contributed by atoms with Crippen molar-refractivity contribution >= 4 is 23.3 Å². The van der Waals surface area contributed by atoms with Gasteiger partial charge in [-0.15, -0.1) is 0 Å². The summed E-state index contributed by atoms with van der Waals surface area (Å²) in [6.45, 7) is 12.3. The molecule has 7 nitrogen and oxygen atoms in total. The molecule has 1 saturated heterocycles. The highest BCUT2D eigenvalue weighted by atomic mass is 16.2. The molecule has 0 aromatic heterocycles. The van der Waals surface area contributed by atoms with Crippen molar-refractivity contribution in [1.29, 1.82) is 0 Å². The number of rotatable bonds is 11. The molecule has 2 rings (SSSR count). The molecule has 0 bridgehead atoms. The zero-order chi connectivity index (χ0) is 21.1. The molecule has 1 heterocycles. The molecule has 1 aliphatic heterocycles. The molecule has 3 amide bonds. The number of benzene rings is 1. The molecule has 1 aromatic rings. The van der Waals surface area contributed by atoms with Crippen LogP contribution in [0.2, 0.25) is 0 Å². The van der Waals surface area contributed by atoms with E-state index in [1.54, 1.807) is 6.07 Å². The summed E-state index contributed by atoms with van der Waals surface area (Å²) in [4.78, 5) is 29.6. The number of hydrogen-bond donors (Lipinski definition) is 3. The highest BCUT2D eigenvalue weighted by Gasteiger charge is 2.20. The lowest BCUT2D eigenvalue weighted by atomic mass is 10.1. The second-order valence-electron chi connectivity index (χ2n) is 7.44. The third-order valence-electron chi connectivity index (χ3n) is 5.37. The first-order valence-electron chi connectivity index (χ1n) is 11.0. The van der Waals surface area contributed by atoms with Crippen LogP contribution >= 0.6 is 0 Å². The van der Waals surface area contributed by atoms with Crippen molar-refractivity contribution in [3.8, 4) is 0 Å². The van der Waals surface area contributed by atoms with Crippen LogP contribution in [0.3, 0.4) is 0 Å². The Morgan fingerprint density at radius 2 is 1.76 bits per heavy atom. The summed E-state index contributed by atoms with van der Waals surface area (Å²) in [7, 11) is 0. The quantitative estimate of drug-likeness (QED) is 0.496. The van der Waals surface area contributed by atoms with Gasteiger partial charge in [0, 0.05) is 44.1 Å². The SMILES string of the molecule is CCCCNC(=O)Nc1ccc(N2CCCC2)c(C(=O)NCCN(CC)CC)c1. The smallest absolute Gasteiger partial charge is 0.319 e. The first kappa shape index (κ1) is 23.0. The molecule has 0 unspecified atom stereocenters. The number of amides is 3. The Morgan fingerprint density at radius 3 is 2.41 bits per heavy atom. The maximum absolute atomic E-state index is 12.9.